The van der Waals surface area contributed by atoms with Crippen molar-refractivity contribution in [1.82, 2.24) is 49.1 Å². The SMILES string of the molecule is COC(=O)N[C@H](C(=O)N1[C@H](C)[C@H](C)C[C@H]1c1ncc(-c2ccc(-c3ccc(-c4cnc([C@@H]5C[C@H]6C[C@H]6N5C(=O)[C@@H](NC(=O)OC)C5CCOCC5)[nH]4)cc3)c3nsnc23)[nH]1)C1CCOCC1. The lowest BCUT2D eigenvalue weighted by Gasteiger charge is -2.36. The number of methoxy groups -OCH3 is 2. The fourth-order valence-electron chi connectivity index (χ4n) is 10.8. The maximum Gasteiger partial charge on any atom is 0.407 e. The van der Waals surface area contributed by atoms with E-state index in [-0.39, 0.29) is 53.7 Å². The number of nitrogens with zero attached hydrogens (tertiary/aromatic N) is 6. The van der Waals surface area contributed by atoms with Crippen LogP contribution < -0.4 is 10.6 Å². The number of alkyl carbamates (subject to hydrolysis) is 2. The van der Waals surface area contributed by atoms with Crippen molar-refractivity contribution in [3.63, 3.8) is 0 Å². The topological polar surface area (TPSA) is 219 Å². The molecule has 19 heteroatoms. The number of carbonyl (C=O) groups excluding carboxylic acids is 4. The molecule has 0 bridgehead atoms. The molecule has 66 heavy (non-hydrogen) atoms. The Hall–Kier alpha value is -5.92. The average molecular weight is 921 g/mol. The van der Waals surface area contributed by atoms with Crippen LogP contribution in [-0.4, -0.2) is 127 Å². The van der Waals surface area contributed by atoms with Gasteiger partial charge in [0.2, 0.25) is 11.8 Å². The number of imidazole rings is 2. The van der Waals surface area contributed by atoms with Gasteiger partial charge in [-0.3, -0.25) is 9.59 Å². The Morgan fingerprint density at radius 3 is 1.80 bits per heavy atom. The fourth-order valence-corrected chi connectivity index (χ4v) is 11.4. The smallest absolute Gasteiger partial charge is 0.407 e. The quantitative estimate of drug-likeness (QED) is 0.113. The monoisotopic (exact) mass is 920 g/mol. The molecule has 4 amide bonds. The van der Waals surface area contributed by atoms with E-state index in [9.17, 15) is 19.2 Å². The normalized spacial score (nSPS) is 25.3. The maximum atomic E-state index is 14.5. The van der Waals surface area contributed by atoms with Gasteiger partial charge in [-0.2, -0.15) is 8.75 Å². The van der Waals surface area contributed by atoms with Gasteiger partial charge in [0.15, 0.2) is 0 Å². The number of fused-ring (bicyclic) bond motifs is 2. The van der Waals surface area contributed by atoms with E-state index in [1.807, 2.05) is 34.2 Å². The van der Waals surface area contributed by atoms with E-state index >= 15 is 0 Å². The van der Waals surface area contributed by atoms with E-state index in [1.54, 1.807) is 6.20 Å². The van der Waals surface area contributed by atoms with Gasteiger partial charge in [0, 0.05) is 49.6 Å². The van der Waals surface area contributed by atoms with Crippen molar-refractivity contribution in [3.8, 4) is 33.6 Å². The molecule has 18 nitrogen and oxygen atoms in total. The van der Waals surface area contributed by atoms with Gasteiger partial charge in [-0.1, -0.05) is 37.3 Å². The molecule has 0 spiro atoms. The molecule has 4 aliphatic heterocycles. The van der Waals surface area contributed by atoms with Crippen LogP contribution >= 0.6 is 11.7 Å². The first kappa shape index (κ1) is 43.9. The first-order valence-corrected chi connectivity index (χ1v) is 23.8. The third kappa shape index (κ3) is 8.29. The second-order valence-corrected chi connectivity index (χ2v) is 19.0. The summed E-state index contributed by atoms with van der Waals surface area (Å²) < 4.78 is 30.5. The van der Waals surface area contributed by atoms with Crippen LogP contribution in [0.2, 0.25) is 0 Å². The Balaban J connectivity index is 0.861. The molecule has 2 aromatic carbocycles. The van der Waals surface area contributed by atoms with Gasteiger partial charge < -0.3 is 49.3 Å². The molecule has 1 saturated carbocycles. The number of aromatic amines is 2. The molecule has 1 aliphatic carbocycles. The number of hydrogen-bond acceptors (Lipinski definition) is 13. The second kappa shape index (κ2) is 18.4. The summed E-state index contributed by atoms with van der Waals surface area (Å²) in [6.07, 6.45) is 7.58. The lowest BCUT2D eigenvalue weighted by Crippen LogP contribution is -2.54. The zero-order valence-electron chi connectivity index (χ0n) is 37.5. The summed E-state index contributed by atoms with van der Waals surface area (Å²) in [6, 6.07) is 10.4. The van der Waals surface area contributed by atoms with Crippen molar-refractivity contribution >= 4 is 46.8 Å². The molecule has 3 aromatic heterocycles. The van der Waals surface area contributed by atoms with Crippen LogP contribution in [0.15, 0.2) is 48.8 Å². The van der Waals surface area contributed by atoms with Crippen molar-refractivity contribution in [1.29, 1.82) is 0 Å². The van der Waals surface area contributed by atoms with Crippen LogP contribution in [0.25, 0.3) is 44.7 Å². The van der Waals surface area contributed by atoms with Crippen LogP contribution in [0.3, 0.4) is 0 Å². The summed E-state index contributed by atoms with van der Waals surface area (Å²) in [5.74, 6) is 1.69. The summed E-state index contributed by atoms with van der Waals surface area (Å²) in [7, 11) is 2.62. The molecule has 0 unspecified atom stereocenters. The molecule has 5 aromatic rings. The first-order valence-electron chi connectivity index (χ1n) is 23.1. The molecular formula is C47H56N10O8S. The summed E-state index contributed by atoms with van der Waals surface area (Å²) in [4.78, 5) is 74.2. The molecule has 0 radical (unpaired) electrons. The molecule has 4 N–H and O–H groups in total. The highest BCUT2D eigenvalue weighted by Crippen LogP contribution is 2.53. The van der Waals surface area contributed by atoms with Crippen LogP contribution in [0.5, 0.6) is 0 Å². The number of ether oxygens (including phenoxy) is 4. The second-order valence-electron chi connectivity index (χ2n) is 18.5. The summed E-state index contributed by atoms with van der Waals surface area (Å²) in [6.45, 7) is 6.38. The van der Waals surface area contributed by atoms with Crippen LogP contribution in [0, 0.1) is 23.7 Å². The number of benzene rings is 2. The van der Waals surface area contributed by atoms with E-state index in [2.05, 4.69) is 52.6 Å². The summed E-state index contributed by atoms with van der Waals surface area (Å²) in [5.41, 5.74) is 6.83. The zero-order chi connectivity index (χ0) is 45.6. The standard InChI is InChI=1S/C47H56N10O8S/c1-24-19-36(56(25(24)2)44(58)38(52-46(60)62-3)28-11-15-64-16-12-28)42-49-23-34(51-42)32-10-9-31(40-41(32)55-66-54-40)26-5-7-27(8-6-26)33-22-48-43(50-33)37-21-30-20-35(30)57(37)45(59)39(53-47(61)63-4)29-13-17-65-18-14-29/h5-10,22-25,28-30,35-39H,11-21H2,1-4H3,(H,48,50)(H,49,51)(H,52,60)(H,53,61)/t24-,25-,30-,35-,36+,37+,38+,39+/m1/s1. The minimum atomic E-state index is -0.740. The van der Waals surface area contributed by atoms with Crippen molar-refractivity contribution in [3.05, 3.63) is 60.4 Å². The molecule has 5 aliphatic rings. The van der Waals surface area contributed by atoms with Crippen molar-refractivity contribution in [2.75, 3.05) is 40.6 Å². The third-order valence-corrected chi connectivity index (χ3v) is 15.3. The van der Waals surface area contributed by atoms with Gasteiger partial charge in [-0.05, 0) is 92.7 Å². The van der Waals surface area contributed by atoms with Gasteiger partial charge in [0.25, 0.3) is 0 Å². The highest BCUT2D eigenvalue weighted by molar-refractivity contribution is 7.00. The molecule has 4 saturated heterocycles. The van der Waals surface area contributed by atoms with Crippen molar-refractivity contribution < 1.29 is 38.1 Å². The number of carbonyl (C=O) groups is 4. The minimum Gasteiger partial charge on any atom is -0.453 e. The van der Waals surface area contributed by atoms with E-state index < -0.39 is 24.3 Å². The first-order chi connectivity index (χ1) is 32.1. The van der Waals surface area contributed by atoms with E-state index in [0.717, 1.165) is 75.1 Å². The molecule has 5 fully saturated rings. The Kier molecular flexibility index (Phi) is 12.2. The number of amides is 4. The lowest BCUT2D eigenvalue weighted by molar-refractivity contribution is -0.139. The largest absolute Gasteiger partial charge is 0.453 e. The number of rotatable bonds is 11. The average Bonchev–Trinajstić information content (AvgIpc) is 3.99. The number of H-pyrrole nitrogens is 2. The van der Waals surface area contributed by atoms with Crippen LogP contribution in [-0.2, 0) is 28.5 Å². The fraction of sp³-hybridized carbons (Fsp3) is 0.532. The Bertz CT molecular complexity index is 2580. The Labute approximate surface area is 386 Å². The van der Waals surface area contributed by atoms with E-state index in [0.29, 0.717) is 70.3 Å². The van der Waals surface area contributed by atoms with E-state index in [1.165, 1.54) is 14.2 Å². The Morgan fingerprint density at radius 2 is 1.20 bits per heavy atom. The van der Waals surface area contributed by atoms with Crippen molar-refractivity contribution in [2.24, 2.45) is 23.7 Å². The zero-order valence-corrected chi connectivity index (χ0v) is 38.3. The number of hydrogen-bond donors (Lipinski definition) is 4. The van der Waals surface area contributed by atoms with Gasteiger partial charge in [-0.25, -0.2) is 19.6 Å². The van der Waals surface area contributed by atoms with Gasteiger partial charge in [0.05, 0.1) is 61.8 Å². The number of piperidine rings is 1. The van der Waals surface area contributed by atoms with Crippen molar-refractivity contribution in [2.45, 2.75) is 95.0 Å². The highest BCUT2D eigenvalue weighted by atomic mass is 32.1. The molecule has 7 heterocycles. The summed E-state index contributed by atoms with van der Waals surface area (Å²) in [5, 5.41) is 5.70. The number of aromatic nitrogens is 6. The van der Waals surface area contributed by atoms with Crippen LogP contribution in [0.1, 0.15) is 82.5 Å². The molecule has 348 valence electrons. The van der Waals surface area contributed by atoms with E-state index in [4.69, 9.17) is 37.7 Å². The summed E-state index contributed by atoms with van der Waals surface area (Å²) >= 11 is 1.15. The molecule has 8 atom stereocenters. The third-order valence-electron chi connectivity index (χ3n) is 14.8. The van der Waals surface area contributed by atoms with Gasteiger partial charge in [0.1, 0.15) is 34.8 Å². The number of likely N-dealkylation sites (tertiary alicyclic amines) is 2. The predicted molar refractivity (Wildman–Crippen MR) is 243 cm³/mol. The number of nitrogens with one attached hydrogen (secondary N) is 4. The maximum absolute atomic E-state index is 14.5. The highest BCUT2D eigenvalue weighted by Gasteiger charge is 2.57. The van der Waals surface area contributed by atoms with Crippen LogP contribution in [0.4, 0.5) is 9.59 Å². The van der Waals surface area contributed by atoms with Gasteiger partial charge in [-0.15, -0.1) is 0 Å². The Morgan fingerprint density at radius 1 is 0.682 bits per heavy atom. The molecule has 10 rings (SSSR count). The lowest BCUT2D eigenvalue weighted by atomic mass is 9.90. The van der Waals surface area contributed by atoms with Gasteiger partial charge >= 0.3 is 12.2 Å². The predicted octanol–water partition coefficient (Wildman–Crippen LogP) is 6.40. The molecular weight excluding hydrogens is 865 g/mol. The minimum absolute atomic E-state index is 0.0363.